The summed E-state index contributed by atoms with van der Waals surface area (Å²) < 4.78 is 27.8. The molecular formula is C14H12NO3S-. The molecule has 0 aliphatic carbocycles. The minimum atomic E-state index is -3.74. The van der Waals surface area contributed by atoms with Crippen LogP contribution < -0.4 is 0 Å². The van der Waals surface area contributed by atoms with Gasteiger partial charge in [0, 0.05) is 5.56 Å². The van der Waals surface area contributed by atoms with Gasteiger partial charge in [-0.15, -0.1) is 5.69 Å². The lowest BCUT2D eigenvalue weighted by molar-refractivity contribution is 0.101. The first-order valence-electron chi connectivity index (χ1n) is 5.63. The van der Waals surface area contributed by atoms with Gasteiger partial charge in [-0.25, -0.2) is 8.42 Å². The highest BCUT2D eigenvalue weighted by atomic mass is 32.2. The van der Waals surface area contributed by atoms with Crippen molar-refractivity contribution in [3.8, 4) is 0 Å². The zero-order valence-electron chi connectivity index (χ0n) is 10.3. The Bertz CT molecular complexity index is 694. The average Bonchev–Trinajstić information content (AvgIpc) is 2.39. The summed E-state index contributed by atoms with van der Waals surface area (Å²) in [6.07, 6.45) is 0. The largest absolute Gasteiger partial charge is 0.573 e. The molecule has 0 spiro atoms. The van der Waals surface area contributed by atoms with E-state index >= 15 is 0 Å². The van der Waals surface area contributed by atoms with Gasteiger partial charge >= 0.3 is 0 Å². The molecule has 0 unspecified atom stereocenters. The second-order valence-corrected chi connectivity index (χ2v) is 5.59. The Morgan fingerprint density at radius 1 is 1.00 bits per heavy atom. The summed E-state index contributed by atoms with van der Waals surface area (Å²) in [7, 11) is -3.74. The van der Waals surface area contributed by atoms with Crippen LogP contribution in [0.4, 0.5) is 5.69 Å². The standard InChI is InChI=1S/C14H12NO3S/c1-11(16)12-6-5-7-13(10-12)15-19(17,18)14-8-3-2-4-9-14/h2-10H,1H3/q-1. The highest BCUT2D eigenvalue weighted by Crippen LogP contribution is 2.28. The van der Waals surface area contributed by atoms with Crippen molar-refractivity contribution in [2.45, 2.75) is 11.8 Å². The predicted molar refractivity (Wildman–Crippen MR) is 73.1 cm³/mol. The van der Waals surface area contributed by atoms with Gasteiger partial charge in [0.2, 0.25) is 0 Å². The van der Waals surface area contributed by atoms with Crippen LogP contribution in [0, 0.1) is 0 Å². The van der Waals surface area contributed by atoms with Crippen LogP contribution >= 0.6 is 0 Å². The molecule has 0 N–H and O–H groups in total. The Morgan fingerprint density at radius 3 is 2.32 bits per heavy atom. The number of Topliss-reactive ketones (excluding diaryl/α,β-unsaturated/α-hetero) is 1. The maximum Gasteiger partial charge on any atom is 0.159 e. The van der Waals surface area contributed by atoms with E-state index in [4.69, 9.17) is 0 Å². The number of hydrogen-bond donors (Lipinski definition) is 0. The highest BCUT2D eigenvalue weighted by molar-refractivity contribution is 7.94. The van der Waals surface area contributed by atoms with Crippen molar-refractivity contribution in [3.05, 3.63) is 64.9 Å². The second-order valence-electron chi connectivity index (χ2n) is 3.99. The Morgan fingerprint density at radius 2 is 1.68 bits per heavy atom. The minimum Gasteiger partial charge on any atom is -0.573 e. The number of ketones is 1. The Labute approximate surface area is 112 Å². The van der Waals surface area contributed by atoms with Crippen LogP contribution in [0.15, 0.2) is 59.5 Å². The van der Waals surface area contributed by atoms with Crippen molar-refractivity contribution in [3.63, 3.8) is 0 Å². The molecule has 4 nitrogen and oxygen atoms in total. The lowest BCUT2D eigenvalue weighted by Gasteiger charge is -2.22. The normalized spacial score (nSPS) is 11.0. The molecule has 0 aliphatic rings. The first-order chi connectivity index (χ1) is 8.99. The Hall–Kier alpha value is -2.14. The number of carbonyl (C=O) groups is 1. The van der Waals surface area contributed by atoms with Crippen molar-refractivity contribution in [2.75, 3.05) is 0 Å². The van der Waals surface area contributed by atoms with Gasteiger partial charge in [-0.1, -0.05) is 42.5 Å². The smallest absolute Gasteiger partial charge is 0.159 e. The number of nitrogens with zero attached hydrogens (tertiary/aromatic N) is 1. The predicted octanol–water partition coefficient (Wildman–Crippen LogP) is 3.28. The fourth-order valence-corrected chi connectivity index (χ4v) is 2.56. The molecule has 0 saturated carbocycles. The number of carbonyl (C=O) groups excluding carboxylic acids is 1. The fraction of sp³-hybridized carbons (Fsp3) is 0.0714. The highest BCUT2D eigenvalue weighted by Gasteiger charge is 2.04. The van der Waals surface area contributed by atoms with Crippen LogP contribution in [0.2, 0.25) is 0 Å². The van der Waals surface area contributed by atoms with E-state index < -0.39 is 10.0 Å². The van der Waals surface area contributed by atoms with Gasteiger partial charge in [0.1, 0.15) is 10.0 Å². The average molecular weight is 274 g/mol. The van der Waals surface area contributed by atoms with Crippen molar-refractivity contribution in [2.24, 2.45) is 0 Å². The van der Waals surface area contributed by atoms with Crippen LogP contribution in [0.3, 0.4) is 0 Å². The monoisotopic (exact) mass is 274 g/mol. The third-order valence-electron chi connectivity index (χ3n) is 2.52. The third-order valence-corrected chi connectivity index (χ3v) is 3.84. The summed E-state index contributed by atoms with van der Waals surface area (Å²) >= 11 is 0. The van der Waals surface area contributed by atoms with Crippen molar-refractivity contribution in [1.82, 2.24) is 0 Å². The Kier molecular flexibility index (Phi) is 3.66. The molecular weight excluding hydrogens is 262 g/mol. The van der Waals surface area contributed by atoms with Crippen LogP contribution in [0.25, 0.3) is 4.72 Å². The fourth-order valence-electron chi connectivity index (χ4n) is 1.57. The van der Waals surface area contributed by atoms with Gasteiger partial charge in [0.05, 0.1) is 4.90 Å². The number of sulfonamides is 1. The minimum absolute atomic E-state index is 0.128. The summed E-state index contributed by atoms with van der Waals surface area (Å²) in [6.45, 7) is 1.42. The lowest BCUT2D eigenvalue weighted by atomic mass is 10.1. The number of hydrogen-bond acceptors (Lipinski definition) is 3. The van der Waals surface area contributed by atoms with Gasteiger partial charge in [0.15, 0.2) is 5.78 Å². The number of rotatable bonds is 4. The van der Waals surface area contributed by atoms with E-state index in [1.165, 1.54) is 25.1 Å². The summed E-state index contributed by atoms with van der Waals surface area (Å²) in [5.74, 6) is -0.130. The van der Waals surface area contributed by atoms with E-state index in [0.29, 0.717) is 5.56 Å². The van der Waals surface area contributed by atoms with Crippen LogP contribution in [-0.2, 0) is 10.0 Å². The van der Waals surface area contributed by atoms with E-state index in [1.807, 2.05) is 0 Å². The van der Waals surface area contributed by atoms with Crippen molar-refractivity contribution < 1.29 is 13.2 Å². The van der Waals surface area contributed by atoms with E-state index in [1.54, 1.807) is 36.4 Å². The molecule has 0 aliphatic heterocycles. The molecule has 0 fully saturated rings. The van der Waals surface area contributed by atoms with E-state index in [-0.39, 0.29) is 16.4 Å². The van der Waals surface area contributed by atoms with E-state index in [9.17, 15) is 13.2 Å². The van der Waals surface area contributed by atoms with E-state index in [2.05, 4.69) is 4.72 Å². The first-order valence-corrected chi connectivity index (χ1v) is 7.07. The van der Waals surface area contributed by atoms with Gasteiger partial charge in [0.25, 0.3) is 0 Å². The van der Waals surface area contributed by atoms with Gasteiger partial charge < -0.3 is 4.72 Å². The molecule has 2 rings (SSSR count). The zero-order chi connectivity index (χ0) is 13.9. The molecule has 0 saturated heterocycles. The topological polar surface area (TPSA) is 65.3 Å². The quantitative estimate of drug-likeness (QED) is 0.803. The van der Waals surface area contributed by atoms with E-state index in [0.717, 1.165) is 0 Å². The molecule has 0 atom stereocenters. The molecule has 98 valence electrons. The molecule has 0 amide bonds. The molecule has 0 heterocycles. The molecule has 0 bridgehead atoms. The summed E-state index contributed by atoms with van der Waals surface area (Å²) in [4.78, 5) is 11.4. The van der Waals surface area contributed by atoms with Crippen LogP contribution in [0.5, 0.6) is 0 Å². The summed E-state index contributed by atoms with van der Waals surface area (Å²) in [5, 5.41) is 0. The van der Waals surface area contributed by atoms with Crippen LogP contribution in [-0.4, -0.2) is 14.2 Å². The van der Waals surface area contributed by atoms with Crippen LogP contribution in [0.1, 0.15) is 17.3 Å². The number of benzene rings is 2. The Balaban J connectivity index is 2.31. The van der Waals surface area contributed by atoms with Crippen molar-refractivity contribution in [1.29, 1.82) is 0 Å². The molecule has 0 radical (unpaired) electrons. The second kappa shape index (κ2) is 5.24. The lowest BCUT2D eigenvalue weighted by Crippen LogP contribution is -1.98. The molecule has 0 aromatic heterocycles. The third kappa shape index (κ3) is 3.20. The molecule has 2 aromatic carbocycles. The summed E-state index contributed by atoms with van der Waals surface area (Å²) in [5.41, 5.74) is 0.682. The maximum absolute atomic E-state index is 12.0. The SMILES string of the molecule is CC(=O)c1cccc([N-]S(=O)(=O)c2ccccc2)c1. The first kappa shape index (κ1) is 13.3. The van der Waals surface area contributed by atoms with Gasteiger partial charge in [-0.2, -0.15) is 0 Å². The van der Waals surface area contributed by atoms with Crippen molar-refractivity contribution >= 4 is 21.5 Å². The molecule has 19 heavy (non-hydrogen) atoms. The summed E-state index contributed by atoms with van der Waals surface area (Å²) in [6, 6.07) is 14.2. The maximum atomic E-state index is 12.0. The zero-order valence-corrected chi connectivity index (χ0v) is 11.1. The van der Waals surface area contributed by atoms with Gasteiger partial charge in [-0.05, 0) is 19.1 Å². The molecule has 2 aromatic rings. The molecule has 5 heteroatoms. The van der Waals surface area contributed by atoms with Gasteiger partial charge in [-0.3, -0.25) is 4.79 Å².